The van der Waals surface area contributed by atoms with Gasteiger partial charge in [-0.1, -0.05) is 0 Å². The predicted molar refractivity (Wildman–Crippen MR) is 86.5 cm³/mol. The van der Waals surface area contributed by atoms with Gasteiger partial charge < -0.3 is 9.64 Å². The highest BCUT2D eigenvalue weighted by molar-refractivity contribution is 8.01. The fourth-order valence-electron chi connectivity index (χ4n) is 3.35. The summed E-state index contributed by atoms with van der Waals surface area (Å²) < 4.78 is 6.32. The Bertz CT molecular complexity index is 541. The molecule has 0 unspecified atom stereocenters. The zero-order chi connectivity index (χ0) is 15.0. The van der Waals surface area contributed by atoms with Crippen LogP contribution in [-0.4, -0.2) is 45.5 Å². The van der Waals surface area contributed by atoms with Gasteiger partial charge in [-0.3, -0.25) is 9.78 Å². The Morgan fingerprint density at radius 3 is 2.86 bits per heavy atom. The molecule has 4 rings (SSSR count). The van der Waals surface area contributed by atoms with Crippen LogP contribution in [0.25, 0.3) is 0 Å². The fourth-order valence-corrected chi connectivity index (χ4v) is 4.90. The van der Waals surface area contributed by atoms with Crippen molar-refractivity contribution in [3.63, 3.8) is 0 Å². The number of likely N-dealkylation sites (tertiary alicyclic amines) is 1. The molecule has 0 radical (unpaired) electrons. The number of amides is 1. The van der Waals surface area contributed by atoms with E-state index in [1.165, 1.54) is 18.4 Å². The zero-order valence-electron chi connectivity index (χ0n) is 12.7. The average molecular weight is 318 g/mol. The van der Waals surface area contributed by atoms with Gasteiger partial charge in [0, 0.05) is 37.7 Å². The van der Waals surface area contributed by atoms with Crippen LogP contribution in [0.1, 0.15) is 31.2 Å². The SMILES string of the molecule is O=C(CC1CC1)N1CC2(C[C@@H](OCc3ccncc3)CS2)C1. The van der Waals surface area contributed by atoms with E-state index in [2.05, 4.69) is 9.88 Å². The summed E-state index contributed by atoms with van der Waals surface area (Å²) in [6.45, 7) is 2.52. The van der Waals surface area contributed by atoms with Crippen molar-refractivity contribution < 1.29 is 9.53 Å². The molecule has 3 aliphatic rings. The van der Waals surface area contributed by atoms with E-state index >= 15 is 0 Å². The average Bonchev–Trinajstić information content (AvgIpc) is 3.20. The van der Waals surface area contributed by atoms with E-state index in [4.69, 9.17) is 4.74 Å². The smallest absolute Gasteiger partial charge is 0.222 e. The van der Waals surface area contributed by atoms with Crippen LogP contribution in [0.4, 0.5) is 0 Å². The Kier molecular flexibility index (Phi) is 3.86. The van der Waals surface area contributed by atoms with Gasteiger partial charge in [0.2, 0.25) is 5.91 Å². The lowest BCUT2D eigenvalue weighted by Gasteiger charge is -2.47. The third kappa shape index (κ3) is 3.15. The third-order valence-corrected chi connectivity index (χ3v) is 6.46. The van der Waals surface area contributed by atoms with Crippen LogP contribution in [-0.2, 0) is 16.1 Å². The molecule has 1 aromatic rings. The Morgan fingerprint density at radius 2 is 2.14 bits per heavy atom. The van der Waals surface area contributed by atoms with Crippen LogP contribution in [0.2, 0.25) is 0 Å². The van der Waals surface area contributed by atoms with E-state index in [1.54, 1.807) is 12.4 Å². The van der Waals surface area contributed by atoms with Crippen molar-refractivity contribution in [1.29, 1.82) is 0 Å². The second-order valence-corrected chi connectivity index (χ2v) is 8.37. The second kappa shape index (κ2) is 5.85. The molecule has 1 aliphatic carbocycles. The van der Waals surface area contributed by atoms with Crippen molar-refractivity contribution in [2.75, 3.05) is 18.8 Å². The minimum Gasteiger partial charge on any atom is -0.373 e. The molecule has 4 nitrogen and oxygen atoms in total. The summed E-state index contributed by atoms with van der Waals surface area (Å²) in [5.41, 5.74) is 1.18. The molecule has 0 N–H and O–H groups in total. The molecule has 3 fully saturated rings. The summed E-state index contributed by atoms with van der Waals surface area (Å²) in [4.78, 5) is 18.2. The van der Waals surface area contributed by atoms with Crippen molar-refractivity contribution in [2.45, 2.75) is 43.1 Å². The monoisotopic (exact) mass is 318 g/mol. The number of hydrogen-bond donors (Lipinski definition) is 0. The number of pyridine rings is 1. The molecule has 1 aromatic heterocycles. The number of nitrogens with zero attached hydrogens (tertiary/aromatic N) is 2. The first-order chi connectivity index (χ1) is 10.7. The summed E-state index contributed by atoms with van der Waals surface area (Å²) in [6.07, 6.45) is 8.30. The van der Waals surface area contributed by atoms with Crippen LogP contribution in [0, 0.1) is 5.92 Å². The lowest BCUT2D eigenvalue weighted by atomic mass is 9.92. The van der Waals surface area contributed by atoms with Crippen LogP contribution < -0.4 is 0 Å². The molecule has 2 aliphatic heterocycles. The first-order valence-corrected chi connectivity index (χ1v) is 9.13. The Morgan fingerprint density at radius 1 is 1.36 bits per heavy atom. The van der Waals surface area contributed by atoms with Crippen molar-refractivity contribution in [3.05, 3.63) is 30.1 Å². The van der Waals surface area contributed by atoms with Gasteiger partial charge in [0.1, 0.15) is 0 Å². The lowest BCUT2D eigenvalue weighted by molar-refractivity contribution is -0.137. The number of hydrogen-bond acceptors (Lipinski definition) is 4. The Hall–Kier alpha value is -1.07. The van der Waals surface area contributed by atoms with Gasteiger partial charge in [-0.05, 0) is 42.9 Å². The minimum absolute atomic E-state index is 0.280. The highest BCUT2D eigenvalue weighted by Gasteiger charge is 2.51. The predicted octanol–water partition coefficient (Wildman–Crippen LogP) is 2.48. The number of carbonyl (C=O) groups excluding carboxylic acids is 1. The molecular weight excluding hydrogens is 296 g/mol. The molecule has 0 bridgehead atoms. The van der Waals surface area contributed by atoms with Crippen LogP contribution in [0.3, 0.4) is 0 Å². The quantitative estimate of drug-likeness (QED) is 0.836. The Labute approximate surface area is 135 Å². The van der Waals surface area contributed by atoms with Crippen molar-refractivity contribution in [1.82, 2.24) is 9.88 Å². The summed E-state index contributed by atoms with van der Waals surface area (Å²) in [7, 11) is 0. The van der Waals surface area contributed by atoms with Crippen molar-refractivity contribution in [3.8, 4) is 0 Å². The highest BCUT2D eigenvalue weighted by atomic mass is 32.2. The molecule has 0 aromatic carbocycles. The van der Waals surface area contributed by atoms with Gasteiger partial charge in [0.15, 0.2) is 0 Å². The molecule has 22 heavy (non-hydrogen) atoms. The van der Waals surface area contributed by atoms with Gasteiger partial charge in [0.25, 0.3) is 0 Å². The molecule has 1 saturated carbocycles. The molecule has 118 valence electrons. The van der Waals surface area contributed by atoms with E-state index < -0.39 is 0 Å². The maximum absolute atomic E-state index is 12.1. The lowest BCUT2D eigenvalue weighted by Crippen LogP contribution is -2.60. The van der Waals surface area contributed by atoms with E-state index in [0.29, 0.717) is 24.5 Å². The molecule has 1 atom stereocenters. The Balaban J connectivity index is 1.22. The summed E-state index contributed by atoms with van der Waals surface area (Å²) >= 11 is 2.00. The van der Waals surface area contributed by atoms with Gasteiger partial charge in [-0.15, -0.1) is 11.8 Å². The molecular formula is C17H22N2O2S. The largest absolute Gasteiger partial charge is 0.373 e. The second-order valence-electron chi connectivity index (χ2n) is 6.88. The topological polar surface area (TPSA) is 42.4 Å². The number of ether oxygens (including phenoxy) is 1. The maximum Gasteiger partial charge on any atom is 0.222 e. The number of carbonyl (C=O) groups is 1. The third-order valence-electron chi connectivity index (χ3n) is 4.88. The molecule has 1 spiro atoms. The van der Waals surface area contributed by atoms with E-state index in [-0.39, 0.29) is 4.75 Å². The van der Waals surface area contributed by atoms with E-state index in [1.807, 2.05) is 23.9 Å². The first-order valence-electron chi connectivity index (χ1n) is 8.15. The molecule has 1 amide bonds. The van der Waals surface area contributed by atoms with Gasteiger partial charge in [-0.2, -0.15) is 0 Å². The highest BCUT2D eigenvalue weighted by Crippen LogP contribution is 2.47. The maximum atomic E-state index is 12.1. The van der Waals surface area contributed by atoms with Crippen molar-refractivity contribution >= 4 is 17.7 Å². The summed E-state index contributed by atoms with van der Waals surface area (Å²) in [5.74, 6) is 2.11. The number of thioether (sulfide) groups is 1. The molecule has 2 saturated heterocycles. The number of rotatable bonds is 5. The van der Waals surface area contributed by atoms with Crippen LogP contribution in [0.15, 0.2) is 24.5 Å². The number of aromatic nitrogens is 1. The summed E-state index contributed by atoms with van der Waals surface area (Å²) in [6, 6.07) is 4.00. The zero-order valence-corrected chi connectivity index (χ0v) is 13.6. The molecule has 5 heteroatoms. The van der Waals surface area contributed by atoms with E-state index in [9.17, 15) is 4.79 Å². The van der Waals surface area contributed by atoms with Crippen molar-refractivity contribution in [2.24, 2.45) is 5.92 Å². The van der Waals surface area contributed by atoms with Crippen LogP contribution >= 0.6 is 11.8 Å². The van der Waals surface area contributed by atoms with Gasteiger partial charge >= 0.3 is 0 Å². The van der Waals surface area contributed by atoms with Gasteiger partial charge in [-0.25, -0.2) is 0 Å². The minimum atomic E-state index is 0.280. The normalized spacial score (nSPS) is 26.2. The standard InChI is InChI=1S/C17H22N2O2S/c20-16(7-13-1-2-13)19-11-17(12-19)8-15(10-22-17)21-9-14-3-5-18-6-4-14/h3-6,13,15H,1-2,7-12H2/t15-/m1/s1. The molecule has 3 heterocycles. The van der Waals surface area contributed by atoms with E-state index in [0.717, 1.165) is 31.7 Å². The van der Waals surface area contributed by atoms with Gasteiger partial charge in [0.05, 0.1) is 17.5 Å². The fraction of sp³-hybridized carbons (Fsp3) is 0.647. The summed E-state index contributed by atoms with van der Waals surface area (Å²) in [5, 5.41) is 0. The first kappa shape index (κ1) is 14.5. The van der Waals surface area contributed by atoms with Crippen LogP contribution in [0.5, 0.6) is 0 Å².